The Bertz CT molecular complexity index is 1040. The number of hydrogen-bond acceptors (Lipinski definition) is 2. The summed E-state index contributed by atoms with van der Waals surface area (Å²) in [5.41, 5.74) is 10.3. The zero-order valence-corrected chi connectivity index (χ0v) is 17.4. The minimum atomic E-state index is 0.744. The Balaban J connectivity index is 1.54. The molecule has 2 heteroatoms. The topological polar surface area (TPSA) is 35.2 Å². The molecular weight excluding hydrogens is 366 g/mol. The van der Waals surface area contributed by atoms with Crippen molar-refractivity contribution in [3.05, 3.63) is 95.1 Å². The van der Waals surface area contributed by atoms with E-state index in [0.29, 0.717) is 0 Å². The molecule has 0 aromatic heterocycles. The summed E-state index contributed by atoms with van der Waals surface area (Å²) in [6, 6.07) is 23.5. The van der Waals surface area contributed by atoms with Crippen LogP contribution in [0.15, 0.2) is 72.8 Å². The normalized spacial score (nSPS) is 9.77. The third kappa shape index (κ3) is 7.08. The second-order valence-corrected chi connectivity index (χ2v) is 7.13. The largest absolute Gasteiger partial charge is 0.494 e. The number of anilines is 1. The first-order chi connectivity index (χ1) is 14.7. The van der Waals surface area contributed by atoms with Crippen LogP contribution in [-0.4, -0.2) is 6.61 Å². The lowest BCUT2D eigenvalue weighted by atomic mass is 10.1. The van der Waals surface area contributed by atoms with Gasteiger partial charge in [0.25, 0.3) is 0 Å². The zero-order valence-electron chi connectivity index (χ0n) is 17.4. The highest BCUT2D eigenvalue weighted by Gasteiger charge is 1.95. The van der Waals surface area contributed by atoms with Crippen molar-refractivity contribution in [3.63, 3.8) is 0 Å². The Hall–Kier alpha value is -3.62. The van der Waals surface area contributed by atoms with Crippen molar-refractivity contribution >= 4 is 5.69 Å². The molecule has 0 saturated heterocycles. The molecule has 0 aliphatic rings. The van der Waals surface area contributed by atoms with Gasteiger partial charge in [-0.25, -0.2) is 0 Å². The summed E-state index contributed by atoms with van der Waals surface area (Å²) in [6.07, 6.45) is 4.85. The summed E-state index contributed by atoms with van der Waals surface area (Å²) >= 11 is 0. The Morgan fingerprint density at radius 1 is 0.600 bits per heavy atom. The molecule has 0 amide bonds. The van der Waals surface area contributed by atoms with Crippen LogP contribution in [0, 0.1) is 23.7 Å². The molecule has 0 bridgehead atoms. The van der Waals surface area contributed by atoms with Gasteiger partial charge >= 0.3 is 0 Å². The summed E-state index contributed by atoms with van der Waals surface area (Å²) in [5, 5.41) is 0. The predicted octanol–water partition coefficient (Wildman–Crippen LogP) is 6.03. The van der Waals surface area contributed by atoms with Gasteiger partial charge in [0.2, 0.25) is 0 Å². The molecule has 0 fully saturated rings. The maximum absolute atomic E-state index is 5.78. The number of hydrogen-bond donors (Lipinski definition) is 1. The molecule has 150 valence electrons. The highest BCUT2D eigenvalue weighted by atomic mass is 16.5. The first-order valence-corrected chi connectivity index (χ1v) is 10.5. The van der Waals surface area contributed by atoms with E-state index in [2.05, 4.69) is 30.6 Å². The van der Waals surface area contributed by atoms with Crippen LogP contribution in [0.2, 0.25) is 0 Å². The highest BCUT2D eigenvalue weighted by molar-refractivity contribution is 5.50. The maximum Gasteiger partial charge on any atom is 0.119 e. The predicted molar refractivity (Wildman–Crippen MR) is 125 cm³/mol. The number of ether oxygens (including phenoxy) is 1. The minimum absolute atomic E-state index is 0.744. The van der Waals surface area contributed by atoms with Gasteiger partial charge in [-0.3, -0.25) is 0 Å². The van der Waals surface area contributed by atoms with E-state index in [-0.39, 0.29) is 0 Å². The van der Waals surface area contributed by atoms with E-state index >= 15 is 0 Å². The molecule has 0 aliphatic carbocycles. The number of nitrogens with two attached hydrogens (primary N) is 1. The second kappa shape index (κ2) is 11.4. The van der Waals surface area contributed by atoms with Crippen LogP contribution >= 0.6 is 0 Å². The average Bonchev–Trinajstić information content (AvgIpc) is 2.79. The van der Waals surface area contributed by atoms with Gasteiger partial charge in [-0.15, -0.1) is 0 Å². The molecule has 0 saturated carbocycles. The van der Waals surface area contributed by atoms with E-state index in [1.807, 2.05) is 72.8 Å². The summed E-state index contributed by atoms with van der Waals surface area (Å²) < 4.78 is 5.78. The molecule has 0 radical (unpaired) electrons. The van der Waals surface area contributed by atoms with E-state index in [9.17, 15) is 0 Å². The standard InChI is InChI=1S/C28H27NO/c1-2-3-4-5-22-30-28-20-16-26(17-21-28)13-11-24-8-6-23(7-9-24)10-12-25-14-18-27(29)19-15-25/h6-9,14-21H,2-5,22,29H2,1H3. The van der Waals surface area contributed by atoms with Crippen molar-refractivity contribution in [1.29, 1.82) is 0 Å². The molecule has 2 N–H and O–H groups in total. The van der Waals surface area contributed by atoms with Gasteiger partial charge in [0.05, 0.1) is 6.61 Å². The zero-order chi connectivity index (χ0) is 21.0. The summed E-state index contributed by atoms with van der Waals surface area (Å²) in [4.78, 5) is 0. The van der Waals surface area contributed by atoms with E-state index in [0.717, 1.165) is 46.7 Å². The molecule has 30 heavy (non-hydrogen) atoms. The van der Waals surface area contributed by atoms with Crippen LogP contribution in [0.5, 0.6) is 5.75 Å². The molecule has 0 heterocycles. The maximum atomic E-state index is 5.78. The number of rotatable bonds is 6. The second-order valence-electron chi connectivity index (χ2n) is 7.13. The highest BCUT2D eigenvalue weighted by Crippen LogP contribution is 2.13. The van der Waals surface area contributed by atoms with Crippen LogP contribution in [-0.2, 0) is 0 Å². The molecule has 0 unspecified atom stereocenters. The van der Waals surface area contributed by atoms with Gasteiger partial charge in [-0.2, -0.15) is 0 Å². The van der Waals surface area contributed by atoms with Gasteiger partial charge in [-0.1, -0.05) is 49.9 Å². The lowest BCUT2D eigenvalue weighted by molar-refractivity contribution is 0.305. The van der Waals surface area contributed by atoms with E-state index in [4.69, 9.17) is 10.5 Å². The Labute approximate surface area is 180 Å². The fourth-order valence-corrected chi connectivity index (χ4v) is 2.85. The van der Waals surface area contributed by atoms with Crippen molar-refractivity contribution < 1.29 is 4.74 Å². The fraction of sp³-hybridized carbons (Fsp3) is 0.214. The Kier molecular flexibility index (Phi) is 8.02. The van der Waals surface area contributed by atoms with Crippen LogP contribution in [0.3, 0.4) is 0 Å². The van der Waals surface area contributed by atoms with Gasteiger partial charge in [0.1, 0.15) is 5.75 Å². The van der Waals surface area contributed by atoms with Crippen molar-refractivity contribution in [2.24, 2.45) is 0 Å². The van der Waals surface area contributed by atoms with Crippen molar-refractivity contribution in [2.75, 3.05) is 12.3 Å². The third-order valence-corrected chi connectivity index (χ3v) is 4.62. The average molecular weight is 394 g/mol. The molecule has 0 aliphatic heterocycles. The van der Waals surface area contributed by atoms with Crippen LogP contribution < -0.4 is 10.5 Å². The van der Waals surface area contributed by atoms with E-state index < -0.39 is 0 Å². The van der Waals surface area contributed by atoms with Gasteiger partial charge < -0.3 is 10.5 Å². The smallest absolute Gasteiger partial charge is 0.119 e. The van der Waals surface area contributed by atoms with Crippen molar-refractivity contribution in [2.45, 2.75) is 32.6 Å². The lowest BCUT2D eigenvalue weighted by Crippen LogP contribution is -1.96. The van der Waals surface area contributed by atoms with E-state index in [1.165, 1.54) is 19.3 Å². The lowest BCUT2D eigenvalue weighted by Gasteiger charge is -2.05. The SMILES string of the molecule is CCCCCCOc1ccc(C#Cc2ccc(C#Cc3ccc(N)cc3)cc2)cc1. The quantitative estimate of drug-likeness (QED) is 0.315. The first kappa shape index (κ1) is 21.1. The summed E-state index contributed by atoms with van der Waals surface area (Å²) in [5.74, 6) is 13.6. The van der Waals surface area contributed by atoms with Crippen LogP contribution in [0.1, 0.15) is 54.9 Å². The monoisotopic (exact) mass is 393 g/mol. The van der Waals surface area contributed by atoms with E-state index in [1.54, 1.807) is 0 Å². The summed E-state index contributed by atoms with van der Waals surface area (Å²) in [6.45, 7) is 2.99. The summed E-state index contributed by atoms with van der Waals surface area (Å²) in [7, 11) is 0. The number of nitrogen functional groups attached to an aromatic ring is 1. The Morgan fingerprint density at radius 2 is 1.03 bits per heavy atom. The molecule has 3 aromatic carbocycles. The molecule has 2 nitrogen and oxygen atoms in total. The van der Waals surface area contributed by atoms with Crippen LogP contribution in [0.25, 0.3) is 0 Å². The molecule has 0 spiro atoms. The van der Waals surface area contributed by atoms with Crippen LogP contribution in [0.4, 0.5) is 5.69 Å². The van der Waals surface area contributed by atoms with Crippen molar-refractivity contribution in [3.8, 4) is 29.4 Å². The molecular formula is C28H27NO. The fourth-order valence-electron chi connectivity index (χ4n) is 2.85. The van der Waals surface area contributed by atoms with Gasteiger partial charge in [-0.05, 0) is 79.2 Å². The molecule has 3 rings (SSSR count). The van der Waals surface area contributed by atoms with Gasteiger partial charge in [0, 0.05) is 27.9 Å². The molecule has 0 atom stereocenters. The molecule has 3 aromatic rings. The number of unbranched alkanes of at least 4 members (excludes halogenated alkanes) is 3. The minimum Gasteiger partial charge on any atom is -0.494 e. The first-order valence-electron chi connectivity index (χ1n) is 10.5. The van der Waals surface area contributed by atoms with Crippen molar-refractivity contribution in [1.82, 2.24) is 0 Å². The van der Waals surface area contributed by atoms with Gasteiger partial charge in [0.15, 0.2) is 0 Å². The number of benzene rings is 3. The third-order valence-electron chi connectivity index (χ3n) is 4.62. The Morgan fingerprint density at radius 3 is 1.50 bits per heavy atom.